The third-order valence-electron chi connectivity index (χ3n) is 4.06. The van der Waals surface area contributed by atoms with E-state index in [9.17, 15) is 13.2 Å². The summed E-state index contributed by atoms with van der Waals surface area (Å²) >= 11 is 0. The number of imidazole rings is 1. The number of carbonyl (C=O) groups excluding carboxylic acids is 1. The van der Waals surface area contributed by atoms with E-state index in [1.54, 1.807) is 0 Å². The third kappa shape index (κ3) is 4.54. The van der Waals surface area contributed by atoms with Gasteiger partial charge < -0.3 is 9.88 Å². The van der Waals surface area contributed by atoms with Crippen LogP contribution in [0.15, 0.2) is 6.20 Å². The van der Waals surface area contributed by atoms with Crippen LogP contribution in [0, 0.1) is 0 Å². The van der Waals surface area contributed by atoms with E-state index >= 15 is 0 Å². The number of carbonyl (C=O) groups is 1. The van der Waals surface area contributed by atoms with Gasteiger partial charge in [0.15, 0.2) is 0 Å². The molecule has 0 bridgehead atoms. The lowest BCUT2D eigenvalue weighted by Crippen LogP contribution is -2.45. The number of likely N-dealkylation sites (N-methyl/N-ethyl adjacent to an activating group) is 1. The SMILES string of the molecule is CN(CC(=O)N[C@H]1CCc2nc(C(C)(C)C)cn2C1)S(C)(=O)=O. The summed E-state index contributed by atoms with van der Waals surface area (Å²) in [4.78, 5) is 16.7. The summed E-state index contributed by atoms with van der Waals surface area (Å²) in [5.41, 5.74) is 1.05. The number of fused-ring (bicyclic) bond motifs is 1. The van der Waals surface area contributed by atoms with Crippen LogP contribution < -0.4 is 5.32 Å². The van der Waals surface area contributed by atoms with Crippen LogP contribution in [0.5, 0.6) is 0 Å². The van der Waals surface area contributed by atoms with E-state index in [2.05, 4.69) is 41.8 Å². The van der Waals surface area contributed by atoms with E-state index in [0.717, 1.165) is 34.9 Å². The Balaban J connectivity index is 1.97. The molecule has 1 N–H and O–H groups in total. The van der Waals surface area contributed by atoms with Gasteiger partial charge in [-0.15, -0.1) is 0 Å². The Labute approximate surface area is 138 Å². The molecule has 1 aromatic rings. The minimum atomic E-state index is -3.34. The summed E-state index contributed by atoms with van der Waals surface area (Å²) in [5, 5.41) is 2.92. The van der Waals surface area contributed by atoms with E-state index in [1.807, 2.05) is 0 Å². The van der Waals surface area contributed by atoms with Crippen LogP contribution in [-0.2, 0) is 33.2 Å². The molecule has 1 aliphatic rings. The van der Waals surface area contributed by atoms with Gasteiger partial charge in [-0.05, 0) is 6.42 Å². The van der Waals surface area contributed by atoms with Gasteiger partial charge in [0, 0.05) is 37.7 Å². The lowest BCUT2D eigenvalue weighted by Gasteiger charge is -2.25. The van der Waals surface area contributed by atoms with Gasteiger partial charge in [0.2, 0.25) is 15.9 Å². The summed E-state index contributed by atoms with van der Waals surface area (Å²) in [6, 6.07) is 0.00461. The number of amides is 1. The highest BCUT2D eigenvalue weighted by molar-refractivity contribution is 7.88. The number of aryl methyl sites for hydroxylation is 1. The molecule has 1 aromatic heterocycles. The zero-order valence-electron chi connectivity index (χ0n) is 14.5. The predicted octanol–water partition coefficient (Wildman–Crippen LogP) is 0.503. The maximum absolute atomic E-state index is 12.0. The maximum Gasteiger partial charge on any atom is 0.235 e. The molecule has 0 saturated heterocycles. The molecule has 0 unspecified atom stereocenters. The van der Waals surface area contributed by atoms with Crippen molar-refractivity contribution in [2.24, 2.45) is 0 Å². The van der Waals surface area contributed by atoms with Crippen molar-refractivity contribution in [2.45, 2.75) is 51.6 Å². The Morgan fingerprint density at radius 3 is 2.70 bits per heavy atom. The number of hydrogen-bond acceptors (Lipinski definition) is 4. The first kappa shape index (κ1) is 17.9. The molecular formula is C15H26N4O3S. The van der Waals surface area contributed by atoms with Crippen molar-refractivity contribution >= 4 is 15.9 Å². The first-order chi connectivity index (χ1) is 10.5. The van der Waals surface area contributed by atoms with Crippen LogP contribution >= 0.6 is 0 Å². The molecule has 0 aromatic carbocycles. The van der Waals surface area contributed by atoms with Gasteiger partial charge in [0.1, 0.15) is 5.82 Å². The van der Waals surface area contributed by atoms with Crippen LogP contribution in [0.4, 0.5) is 0 Å². The molecule has 0 saturated carbocycles. The standard InChI is InChI=1S/C15H26N4O3S/c1-15(2,3)12-9-19-8-11(6-7-13(19)17-12)16-14(20)10-18(4)23(5,21)22/h9,11H,6-8,10H2,1-5H3,(H,16,20)/t11-/m0/s1. The largest absolute Gasteiger partial charge is 0.350 e. The normalized spacial score (nSPS) is 18.8. The second-order valence-electron chi connectivity index (χ2n) is 7.27. The van der Waals surface area contributed by atoms with Gasteiger partial charge in [0.05, 0.1) is 18.5 Å². The molecule has 7 nitrogen and oxygen atoms in total. The van der Waals surface area contributed by atoms with Crippen molar-refractivity contribution in [3.8, 4) is 0 Å². The monoisotopic (exact) mass is 342 g/mol. The first-order valence-electron chi connectivity index (χ1n) is 7.74. The molecule has 23 heavy (non-hydrogen) atoms. The van der Waals surface area contributed by atoms with E-state index in [-0.39, 0.29) is 23.9 Å². The van der Waals surface area contributed by atoms with Gasteiger partial charge in [-0.2, -0.15) is 4.31 Å². The Morgan fingerprint density at radius 2 is 2.13 bits per heavy atom. The van der Waals surface area contributed by atoms with Crippen LogP contribution in [0.2, 0.25) is 0 Å². The average Bonchev–Trinajstić information content (AvgIpc) is 2.80. The molecule has 0 fully saturated rings. The molecule has 0 aliphatic carbocycles. The van der Waals surface area contributed by atoms with E-state index < -0.39 is 10.0 Å². The number of sulfonamides is 1. The van der Waals surface area contributed by atoms with Crippen molar-refractivity contribution in [2.75, 3.05) is 19.8 Å². The van der Waals surface area contributed by atoms with Crippen molar-refractivity contribution < 1.29 is 13.2 Å². The quantitative estimate of drug-likeness (QED) is 0.864. The summed E-state index contributed by atoms with van der Waals surface area (Å²) in [7, 11) is -1.94. The fourth-order valence-corrected chi connectivity index (χ4v) is 2.87. The van der Waals surface area contributed by atoms with Gasteiger partial charge in [-0.25, -0.2) is 13.4 Å². The molecule has 1 aliphatic heterocycles. The van der Waals surface area contributed by atoms with Crippen LogP contribution in [0.3, 0.4) is 0 Å². The fourth-order valence-electron chi connectivity index (χ4n) is 2.52. The van der Waals surface area contributed by atoms with Crippen molar-refractivity contribution in [3.05, 3.63) is 17.7 Å². The second-order valence-corrected chi connectivity index (χ2v) is 9.36. The maximum atomic E-state index is 12.0. The Kier molecular flexibility index (Phi) is 4.86. The highest BCUT2D eigenvalue weighted by atomic mass is 32.2. The summed E-state index contributed by atoms with van der Waals surface area (Å²) in [6.45, 7) is 6.90. The predicted molar refractivity (Wildman–Crippen MR) is 88.7 cm³/mol. The van der Waals surface area contributed by atoms with E-state index in [4.69, 9.17) is 0 Å². The average molecular weight is 342 g/mol. The van der Waals surface area contributed by atoms with Crippen LogP contribution in [-0.4, -0.2) is 54.1 Å². The molecule has 0 radical (unpaired) electrons. The summed E-state index contributed by atoms with van der Waals surface area (Å²) in [5.74, 6) is 0.774. The minimum absolute atomic E-state index is 0.00127. The molecule has 8 heteroatoms. The Bertz CT molecular complexity index is 688. The molecule has 130 valence electrons. The summed E-state index contributed by atoms with van der Waals surface area (Å²) < 4.78 is 25.8. The minimum Gasteiger partial charge on any atom is -0.350 e. The second kappa shape index (κ2) is 6.24. The fraction of sp³-hybridized carbons (Fsp3) is 0.733. The molecular weight excluding hydrogens is 316 g/mol. The van der Waals surface area contributed by atoms with E-state index in [1.165, 1.54) is 7.05 Å². The molecule has 0 spiro atoms. The zero-order chi connectivity index (χ0) is 17.4. The number of rotatable bonds is 4. The Morgan fingerprint density at radius 1 is 1.48 bits per heavy atom. The topological polar surface area (TPSA) is 84.3 Å². The van der Waals surface area contributed by atoms with Gasteiger partial charge >= 0.3 is 0 Å². The number of hydrogen-bond donors (Lipinski definition) is 1. The molecule has 1 atom stereocenters. The van der Waals surface area contributed by atoms with Gasteiger partial charge in [-0.3, -0.25) is 4.79 Å². The van der Waals surface area contributed by atoms with Crippen LogP contribution in [0.25, 0.3) is 0 Å². The van der Waals surface area contributed by atoms with Crippen molar-refractivity contribution in [3.63, 3.8) is 0 Å². The van der Waals surface area contributed by atoms with Crippen molar-refractivity contribution in [1.82, 2.24) is 19.2 Å². The lowest BCUT2D eigenvalue weighted by molar-refractivity contribution is -0.122. The highest BCUT2D eigenvalue weighted by Gasteiger charge is 2.26. The van der Waals surface area contributed by atoms with E-state index in [0.29, 0.717) is 6.54 Å². The summed E-state index contributed by atoms with van der Waals surface area (Å²) in [6.07, 6.45) is 4.76. The molecule has 2 heterocycles. The number of nitrogens with one attached hydrogen (secondary N) is 1. The smallest absolute Gasteiger partial charge is 0.235 e. The first-order valence-corrected chi connectivity index (χ1v) is 9.59. The number of nitrogens with zero attached hydrogens (tertiary/aromatic N) is 3. The number of aromatic nitrogens is 2. The zero-order valence-corrected chi connectivity index (χ0v) is 15.3. The van der Waals surface area contributed by atoms with Gasteiger partial charge in [0.25, 0.3) is 0 Å². The van der Waals surface area contributed by atoms with Crippen LogP contribution in [0.1, 0.15) is 38.7 Å². The van der Waals surface area contributed by atoms with Gasteiger partial charge in [-0.1, -0.05) is 20.8 Å². The molecule has 1 amide bonds. The lowest BCUT2D eigenvalue weighted by atomic mass is 9.93. The van der Waals surface area contributed by atoms with Crippen molar-refractivity contribution in [1.29, 1.82) is 0 Å². The third-order valence-corrected chi connectivity index (χ3v) is 5.32. The highest BCUT2D eigenvalue weighted by Crippen LogP contribution is 2.24. The molecule has 2 rings (SSSR count). The Hall–Kier alpha value is -1.41.